The molecule has 0 radical (unpaired) electrons. The summed E-state index contributed by atoms with van der Waals surface area (Å²) in [5, 5.41) is 4.97. The molecule has 2 N–H and O–H groups in total. The minimum Gasteiger partial charge on any atom is -0.308 e. The molecule has 0 aromatic heterocycles. The van der Waals surface area contributed by atoms with Crippen molar-refractivity contribution in [1.29, 1.82) is 0 Å². The fraction of sp³-hybridized carbons (Fsp3) is 0.133. The molecule has 21 heavy (non-hydrogen) atoms. The molecule has 0 unspecified atom stereocenters. The monoisotopic (exact) mass is 294 g/mol. The summed E-state index contributed by atoms with van der Waals surface area (Å²) < 4.78 is 37.7. The summed E-state index contributed by atoms with van der Waals surface area (Å²) in [4.78, 5) is 11.8. The SMILES string of the molecule is Cc1ccccc1NC(=O)Nc1cccc(C(F)(F)F)c1. The summed E-state index contributed by atoms with van der Waals surface area (Å²) in [5.41, 5.74) is 0.728. The number of urea groups is 1. The Morgan fingerprint density at radius 1 is 1.00 bits per heavy atom. The summed E-state index contributed by atoms with van der Waals surface area (Å²) in [6, 6.07) is 11.0. The van der Waals surface area contributed by atoms with Gasteiger partial charge in [0.25, 0.3) is 0 Å². The van der Waals surface area contributed by atoms with Gasteiger partial charge in [0.2, 0.25) is 0 Å². The maximum atomic E-state index is 12.6. The number of alkyl halides is 3. The van der Waals surface area contributed by atoms with E-state index in [-0.39, 0.29) is 5.69 Å². The minimum atomic E-state index is -4.44. The summed E-state index contributed by atoms with van der Waals surface area (Å²) in [5.74, 6) is 0. The van der Waals surface area contributed by atoms with Gasteiger partial charge in [-0.1, -0.05) is 24.3 Å². The average molecular weight is 294 g/mol. The normalized spacial score (nSPS) is 11.0. The fourth-order valence-electron chi connectivity index (χ4n) is 1.77. The van der Waals surface area contributed by atoms with Crippen molar-refractivity contribution in [3.63, 3.8) is 0 Å². The van der Waals surface area contributed by atoms with Crippen LogP contribution in [0.4, 0.5) is 29.3 Å². The van der Waals surface area contributed by atoms with Crippen molar-refractivity contribution in [3.05, 3.63) is 59.7 Å². The highest BCUT2D eigenvalue weighted by atomic mass is 19.4. The predicted molar refractivity (Wildman–Crippen MR) is 75.3 cm³/mol. The first-order valence-corrected chi connectivity index (χ1v) is 6.17. The Bertz CT molecular complexity index is 653. The average Bonchev–Trinajstić information content (AvgIpc) is 2.41. The van der Waals surface area contributed by atoms with Crippen molar-refractivity contribution in [3.8, 4) is 0 Å². The molecule has 0 fully saturated rings. The highest BCUT2D eigenvalue weighted by Gasteiger charge is 2.30. The van der Waals surface area contributed by atoms with E-state index in [1.165, 1.54) is 12.1 Å². The van der Waals surface area contributed by atoms with Gasteiger partial charge < -0.3 is 10.6 Å². The number of aryl methyl sites for hydroxylation is 1. The van der Waals surface area contributed by atoms with Crippen LogP contribution in [-0.2, 0) is 6.18 Å². The molecule has 3 nitrogen and oxygen atoms in total. The number of carbonyl (C=O) groups excluding carboxylic acids is 1. The van der Waals surface area contributed by atoms with Gasteiger partial charge in [0, 0.05) is 11.4 Å². The molecule has 2 aromatic carbocycles. The van der Waals surface area contributed by atoms with Crippen molar-refractivity contribution in [2.24, 2.45) is 0 Å². The Morgan fingerprint density at radius 2 is 1.71 bits per heavy atom. The number of anilines is 2. The summed E-state index contributed by atoms with van der Waals surface area (Å²) >= 11 is 0. The van der Waals surface area contributed by atoms with Crippen LogP contribution in [0.5, 0.6) is 0 Å². The van der Waals surface area contributed by atoms with Gasteiger partial charge in [-0.15, -0.1) is 0 Å². The summed E-state index contributed by atoms with van der Waals surface area (Å²) in [6.45, 7) is 1.82. The van der Waals surface area contributed by atoms with Gasteiger partial charge in [0.05, 0.1) is 5.56 Å². The maximum absolute atomic E-state index is 12.6. The zero-order valence-electron chi connectivity index (χ0n) is 11.2. The first-order chi connectivity index (χ1) is 9.86. The summed E-state index contributed by atoms with van der Waals surface area (Å²) in [6.07, 6.45) is -4.44. The molecule has 0 atom stereocenters. The van der Waals surface area contributed by atoms with E-state index >= 15 is 0 Å². The predicted octanol–water partition coefficient (Wildman–Crippen LogP) is 4.66. The standard InChI is InChI=1S/C15H13F3N2O/c1-10-5-2-3-8-13(10)20-14(21)19-12-7-4-6-11(9-12)15(16,17)18/h2-9H,1H3,(H2,19,20,21). The Kier molecular flexibility index (Phi) is 4.16. The van der Waals surface area contributed by atoms with Gasteiger partial charge >= 0.3 is 12.2 Å². The molecule has 110 valence electrons. The molecule has 0 heterocycles. The Balaban J connectivity index is 2.08. The van der Waals surface area contributed by atoms with Crippen molar-refractivity contribution in [1.82, 2.24) is 0 Å². The Hall–Kier alpha value is -2.50. The van der Waals surface area contributed by atoms with E-state index in [4.69, 9.17) is 0 Å². The molecule has 0 spiro atoms. The van der Waals surface area contributed by atoms with Crippen LogP contribution in [0.25, 0.3) is 0 Å². The lowest BCUT2D eigenvalue weighted by Gasteiger charge is -2.11. The second-order valence-electron chi connectivity index (χ2n) is 4.47. The summed E-state index contributed by atoms with van der Waals surface area (Å²) in [7, 11) is 0. The number of amides is 2. The largest absolute Gasteiger partial charge is 0.416 e. The second kappa shape index (κ2) is 5.87. The van der Waals surface area contributed by atoms with Crippen molar-refractivity contribution < 1.29 is 18.0 Å². The number of rotatable bonds is 2. The fourth-order valence-corrected chi connectivity index (χ4v) is 1.77. The topological polar surface area (TPSA) is 41.1 Å². The van der Waals surface area contributed by atoms with Gasteiger partial charge in [-0.25, -0.2) is 4.79 Å². The molecule has 6 heteroatoms. The van der Waals surface area contributed by atoms with Crippen LogP contribution >= 0.6 is 0 Å². The van der Waals surface area contributed by atoms with Gasteiger partial charge in [0.1, 0.15) is 0 Å². The molecule has 0 bridgehead atoms. The van der Waals surface area contributed by atoms with Crippen molar-refractivity contribution in [2.45, 2.75) is 13.1 Å². The van der Waals surface area contributed by atoms with Gasteiger partial charge in [0.15, 0.2) is 0 Å². The molecular formula is C15H13F3N2O. The molecule has 0 aliphatic rings. The lowest BCUT2D eigenvalue weighted by molar-refractivity contribution is -0.137. The minimum absolute atomic E-state index is 0.0795. The molecule has 2 rings (SSSR count). The zero-order valence-corrected chi connectivity index (χ0v) is 11.2. The van der Waals surface area contributed by atoms with E-state index in [0.29, 0.717) is 5.69 Å². The number of nitrogens with one attached hydrogen (secondary N) is 2. The van der Waals surface area contributed by atoms with Crippen LogP contribution in [0.1, 0.15) is 11.1 Å². The number of carbonyl (C=O) groups is 1. The third kappa shape index (κ3) is 3.98. The molecule has 0 aliphatic carbocycles. The third-order valence-electron chi connectivity index (χ3n) is 2.84. The number of benzene rings is 2. The van der Waals surface area contributed by atoms with Crippen LogP contribution < -0.4 is 10.6 Å². The Labute approximate surface area is 119 Å². The number of para-hydroxylation sites is 1. The van der Waals surface area contributed by atoms with Gasteiger partial charge in [-0.05, 0) is 36.8 Å². The van der Waals surface area contributed by atoms with E-state index in [1.54, 1.807) is 12.1 Å². The zero-order chi connectivity index (χ0) is 15.5. The van der Waals surface area contributed by atoms with Gasteiger partial charge in [-0.3, -0.25) is 0 Å². The molecule has 0 saturated carbocycles. The van der Waals surface area contributed by atoms with Crippen LogP contribution in [-0.4, -0.2) is 6.03 Å². The maximum Gasteiger partial charge on any atom is 0.416 e. The first kappa shape index (κ1) is 14.9. The van der Waals surface area contributed by atoms with E-state index in [9.17, 15) is 18.0 Å². The van der Waals surface area contributed by atoms with Crippen molar-refractivity contribution >= 4 is 17.4 Å². The van der Waals surface area contributed by atoms with Crippen LogP contribution in [0.3, 0.4) is 0 Å². The van der Waals surface area contributed by atoms with Crippen LogP contribution in [0.15, 0.2) is 48.5 Å². The smallest absolute Gasteiger partial charge is 0.308 e. The first-order valence-electron chi connectivity index (χ1n) is 6.17. The lowest BCUT2D eigenvalue weighted by Crippen LogP contribution is -2.20. The quantitative estimate of drug-likeness (QED) is 0.831. The highest BCUT2D eigenvalue weighted by Crippen LogP contribution is 2.30. The second-order valence-corrected chi connectivity index (χ2v) is 4.47. The highest BCUT2D eigenvalue weighted by molar-refractivity contribution is 6.00. The third-order valence-corrected chi connectivity index (χ3v) is 2.84. The van der Waals surface area contributed by atoms with Crippen molar-refractivity contribution in [2.75, 3.05) is 10.6 Å². The number of hydrogen-bond donors (Lipinski definition) is 2. The van der Waals surface area contributed by atoms with E-state index < -0.39 is 17.8 Å². The molecule has 2 amide bonds. The molecular weight excluding hydrogens is 281 g/mol. The van der Waals surface area contributed by atoms with E-state index in [1.807, 2.05) is 19.1 Å². The van der Waals surface area contributed by atoms with Gasteiger partial charge in [-0.2, -0.15) is 13.2 Å². The molecule has 2 aromatic rings. The van der Waals surface area contributed by atoms with E-state index in [0.717, 1.165) is 17.7 Å². The Morgan fingerprint density at radius 3 is 2.38 bits per heavy atom. The van der Waals surface area contributed by atoms with Crippen LogP contribution in [0, 0.1) is 6.92 Å². The molecule has 0 saturated heterocycles. The van der Waals surface area contributed by atoms with Crippen LogP contribution in [0.2, 0.25) is 0 Å². The van der Waals surface area contributed by atoms with E-state index in [2.05, 4.69) is 10.6 Å². The molecule has 0 aliphatic heterocycles. The lowest BCUT2D eigenvalue weighted by atomic mass is 10.2. The number of hydrogen-bond acceptors (Lipinski definition) is 1. The number of halogens is 3.